The van der Waals surface area contributed by atoms with Crippen molar-refractivity contribution in [1.82, 2.24) is 9.47 Å². The molecule has 25 heavy (non-hydrogen) atoms. The Morgan fingerprint density at radius 1 is 1.28 bits per heavy atom. The molecule has 0 saturated carbocycles. The summed E-state index contributed by atoms with van der Waals surface area (Å²) in [4.78, 5) is 16.4. The van der Waals surface area contributed by atoms with Gasteiger partial charge < -0.3 is 4.57 Å². The lowest BCUT2D eigenvalue weighted by molar-refractivity contribution is 0.0931. The Bertz CT molecular complexity index is 889. The maximum absolute atomic E-state index is 12.9. The topological polar surface area (TPSA) is 49.0 Å². The molecule has 3 aromatic rings. The number of carbonyl (C=O) groups is 1. The van der Waals surface area contributed by atoms with Crippen molar-refractivity contribution in [3.05, 3.63) is 58.4 Å². The first-order valence-electron chi connectivity index (χ1n) is 8.45. The first kappa shape index (κ1) is 17.4. The number of fused-ring (bicyclic) bond motifs is 1. The van der Waals surface area contributed by atoms with Crippen molar-refractivity contribution in [1.29, 1.82) is 5.26 Å². The van der Waals surface area contributed by atoms with E-state index in [1.54, 1.807) is 11.3 Å². The molecule has 0 spiro atoms. The van der Waals surface area contributed by atoms with Crippen molar-refractivity contribution in [3.63, 3.8) is 0 Å². The van der Waals surface area contributed by atoms with Gasteiger partial charge in [0.25, 0.3) is 0 Å². The molecule has 128 valence electrons. The molecule has 0 aliphatic rings. The van der Waals surface area contributed by atoms with Gasteiger partial charge in [0.1, 0.15) is 0 Å². The van der Waals surface area contributed by atoms with Gasteiger partial charge in [-0.15, -0.1) is 11.3 Å². The van der Waals surface area contributed by atoms with Gasteiger partial charge in [-0.2, -0.15) is 5.26 Å². The largest absolute Gasteiger partial charge is 0.346 e. The third kappa shape index (κ3) is 3.98. The smallest absolute Gasteiger partial charge is 0.178 e. The average Bonchev–Trinajstić information content (AvgIpc) is 3.27. The first-order chi connectivity index (χ1) is 12.2. The molecule has 0 N–H and O–H groups in total. The molecule has 3 rings (SSSR count). The molecule has 5 heteroatoms. The normalized spacial score (nSPS) is 11.1. The van der Waals surface area contributed by atoms with Gasteiger partial charge in [-0.3, -0.25) is 9.69 Å². The molecule has 0 saturated heterocycles. The average molecular weight is 351 g/mol. The number of para-hydroxylation sites is 1. The van der Waals surface area contributed by atoms with Crippen LogP contribution in [0.4, 0.5) is 0 Å². The summed E-state index contributed by atoms with van der Waals surface area (Å²) in [5.41, 5.74) is 1.76. The Balaban J connectivity index is 1.82. The van der Waals surface area contributed by atoms with Crippen LogP contribution in [0.25, 0.3) is 10.9 Å². The van der Waals surface area contributed by atoms with Crippen LogP contribution in [0.2, 0.25) is 0 Å². The molecule has 4 nitrogen and oxygen atoms in total. The van der Waals surface area contributed by atoms with E-state index in [0.717, 1.165) is 29.6 Å². The lowest BCUT2D eigenvalue weighted by Gasteiger charge is -2.18. The number of benzene rings is 1. The molecule has 0 atom stereocenters. The maximum atomic E-state index is 12.9. The van der Waals surface area contributed by atoms with Crippen LogP contribution in [0.5, 0.6) is 0 Å². The lowest BCUT2D eigenvalue weighted by Crippen LogP contribution is -2.29. The SMILES string of the molecule is CCN(CC(=O)c1cn(CCC#N)c2ccccc12)Cc1cccs1. The van der Waals surface area contributed by atoms with E-state index in [0.29, 0.717) is 19.5 Å². The Hall–Kier alpha value is -2.42. The minimum atomic E-state index is 0.130. The summed E-state index contributed by atoms with van der Waals surface area (Å²) in [6.07, 6.45) is 2.34. The zero-order valence-electron chi connectivity index (χ0n) is 14.3. The number of rotatable bonds is 8. The summed E-state index contributed by atoms with van der Waals surface area (Å²) in [6, 6.07) is 14.2. The van der Waals surface area contributed by atoms with E-state index in [2.05, 4.69) is 29.3 Å². The van der Waals surface area contributed by atoms with Crippen LogP contribution in [-0.4, -0.2) is 28.3 Å². The van der Waals surface area contributed by atoms with Crippen LogP contribution >= 0.6 is 11.3 Å². The standard InChI is InChI=1S/C20H21N3OS/c1-2-22(13-16-7-5-12-25-16)15-20(24)18-14-23(11-6-10-21)19-9-4-3-8-17(18)19/h3-5,7-9,12,14H,2,6,11,13,15H2,1H3. The number of aryl methyl sites for hydroxylation is 1. The minimum absolute atomic E-state index is 0.130. The van der Waals surface area contributed by atoms with Gasteiger partial charge >= 0.3 is 0 Å². The van der Waals surface area contributed by atoms with E-state index in [-0.39, 0.29) is 5.78 Å². The van der Waals surface area contributed by atoms with E-state index < -0.39 is 0 Å². The van der Waals surface area contributed by atoms with Crippen LogP contribution in [0.15, 0.2) is 48.0 Å². The number of hydrogen-bond donors (Lipinski definition) is 0. The van der Waals surface area contributed by atoms with Gasteiger partial charge in [-0.05, 0) is 24.1 Å². The molecule has 0 fully saturated rings. The second-order valence-corrected chi connectivity index (χ2v) is 7.00. The summed E-state index contributed by atoms with van der Waals surface area (Å²) in [6.45, 7) is 4.72. The quantitative estimate of drug-likeness (QED) is 0.568. The summed E-state index contributed by atoms with van der Waals surface area (Å²) in [5, 5.41) is 11.9. The van der Waals surface area contributed by atoms with Gasteiger partial charge in [0.2, 0.25) is 0 Å². The molecule has 1 aromatic carbocycles. The van der Waals surface area contributed by atoms with E-state index >= 15 is 0 Å². The molecule has 0 radical (unpaired) electrons. The number of carbonyl (C=O) groups excluding carboxylic acids is 1. The Morgan fingerprint density at radius 2 is 2.12 bits per heavy atom. The second-order valence-electron chi connectivity index (χ2n) is 5.97. The number of aromatic nitrogens is 1. The number of thiophene rings is 1. The highest BCUT2D eigenvalue weighted by molar-refractivity contribution is 7.09. The van der Waals surface area contributed by atoms with E-state index in [1.807, 2.05) is 41.1 Å². The summed E-state index contributed by atoms with van der Waals surface area (Å²) >= 11 is 1.72. The highest BCUT2D eigenvalue weighted by atomic mass is 32.1. The zero-order valence-corrected chi connectivity index (χ0v) is 15.1. The van der Waals surface area contributed by atoms with E-state index in [9.17, 15) is 4.79 Å². The molecule has 0 aliphatic heterocycles. The zero-order chi connectivity index (χ0) is 17.6. The number of ketones is 1. The van der Waals surface area contributed by atoms with Crippen LogP contribution < -0.4 is 0 Å². The van der Waals surface area contributed by atoms with Crippen LogP contribution in [0, 0.1) is 11.3 Å². The summed E-state index contributed by atoms with van der Waals surface area (Å²) in [5.74, 6) is 0.130. The van der Waals surface area contributed by atoms with Gasteiger partial charge in [-0.25, -0.2) is 0 Å². The molecule has 0 amide bonds. The monoisotopic (exact) mass is 351 g/mol. The molecular weight excluding hydrogens is 330 g/mol. The molecule has 2 heterocycles. The third-order valence-electron chi connectivity index (χ3n) is 4.33. The molecule has 2 aromatic heterocycles. The minimum Gasteiger partial charge on any atom is -0.346 e. The Morgan fingerprint density at radius 3 is 2.84 bits per heavy atom. The third-order valence-corrected chi connectivity index (χ3v) is 5.19. The molecule has 0 bridgehead atoms. The van der Waals surface area contributed by atoms with E-state index in [4.69, 9.17) is 5.26 Å². The molecule has 0 unspecified atom stereocenters. The van der Waals surface area contributed by atoms with Crippen molar-refractivity contribution < 1.29 is 4.79 Å². The van der Waals surface area contributed by atoms with Gasteiger partial charge in [0.05, 0.1) is 19.0 Å². The van der Waals surface area contributed by atoms with Gasteiger partial charge in [0, 0.05) is 40.6 Å². The Labute approximate surface area is 151 Å². The highest BCUT2D eigenvalue weighted by Gasteiger charge is 2.17. The number of nitriles is 1. The number of likely N-dealkylation sites (N-methyl/N-ethyl adjacent to an activating group) is 1. The molecule has 0 aliphatic carbocycles. The van der Waals surface area contributed by atoms with Crippen LogP contribution in [0.3, 0.4) is 0 Å². The Kier molecular flexibility index (Phi) is 5.64. The highest BCUT2D eigenvalue weighted by Crippen LogP contribution is 2.23. The van der Waals surface area contributed by atoms with Crippen molar-refractivity contribution in [2.75, 3.05) is 13.1 Å². The van der Waals surface area contributed by atoms with Gasteiger partial charge in [-0.1, -0.05) is 31.2 Å². The fourth-order valence-corrected chi connectivity index (χ4v) is 3.76. The summed E-state index contributed by atoms with van der Waals surface area (Å²) in [7, 11) is 0. The lowest BCUT2D eigenvalue weighted by atomic mass is 10.1. The van der Waals surface area contributed by atoms with Crippen molar-refractivity contribution in [2.45, 2.75) is 26.4 Å². The fourth-order valence-electron chi connectivity index (χ4n) is 3.02. The molecular formula is C20H21N3OS. The van der Waals surface area contributed by atoms with Crippen LogP contribution in [0.1, 0.15) is 28.6 Å². The van der Waals surface area contributed by atoms with Gasteiger partial charge in [0.15, 0.2) is 5.78 Å². The van der Waals surface area contributed by atoms with Crippen LogP contribution in [-0.2, 0) is 13.1 Å². The number of nitrogens with zero attached hydrogens (tertiary/aromatic N) is 3. The fraction of sp³-hybridized carbons (Fsp3) is 0.300. The van der Waals surface area contributed by atoms with Crippen molar-refractivity contribution in [2.24, 2.45) is 0 Å². The van der Waals surface area contributed by atoms with E-state index in [1.165, 1.54) is 4.88 Å². The predicted molar refractivity (Wildman–Crippen MR) is 102 cm³/mol. The van der Waals surface area contributed by atoms with Crippen molar-refractivity contribution in [3.8, 4) is 6.07 Å². The predicted octanol–water partition coefficient (Wildman–Crippen LogP) is 4.32. The van der Waals surface area contributed by atoms with Crippen molar-refractivity contribution >= 4 is 28.0 Å². The number of Topliss-reactive ketones (excluding diaryl/α,β-unsaturated/α-hetero) is 1. The first-order valence-corrected chi connectivity index (χ1v) is 9.33. The maximum Gasteiger partial charge on any atom is 0.178 e. The summed E-state index contributed by atoms with van der Waals surface area (Å²) < 4.78 is 2.02. The second kappa shape index (κ2) is 8.11. The number of hydrogen-bond acceptors (Lipinski definition) is 4.